The molecule has 6 rings (SSSR count). The molecule has 0 amide bonds. The van der Waals surface area contributed by atoms with E-state index in [0.717, 1.165) is 10.9 Å². The van der Waals surface area contributed by atoms with Crippen LogP contribution >= 0.6 is 0 Å². The molecule has 0 unspecified atom stereocenters. The van der Waals surface area contributed by atoms with Gasteiger partial charge in [0.05, 0.1) is 17.1 Å². The Hall–Kier alpha value is -4.39. The summed E-state index contributed by atoms with van der Waals surface area (Å²) in [5.74, 6) is 2.15. The Morgan fingerprint density at radius 2 is 1.72 bits per heavy atom. The molecule has 1 aliphatic heterocycles. The number of rotatable bonds is 3. The van der Waals surface area contributed by atoms with Crippen molar-refractivity contribution in [3.8, 4) is 23.1 Å². The quantitative estimate of drug-likeness (QED) is 0.400. The Kier molecular flexibility index (Phi) is 4.24. The van der Waals surface area contributed by atoms with Crippen molar-refractivity contribution in [1.29, 1.82) is 0 Å². The minimum Gasteiger partial charge on any atom is -0.486 e. The lowest BCUT2D eigenvalue weighted by molar-refractivity contribution is 0.171. The smallest absolute Gasteiger partial charge is 0.282 e. The van der Waals surface area contributed by atoms with Crippen molar-refractivity contribution >= 4 is 28.1 Å². The van der Waals surface area contributed by atoms with Crippen LogP contribution in [-0.4, -0.2) is 29.1 Å². The largest absolute Gasteiger partial charge is 0.486 e. The van der Waals surface area contributed by atoms with Gasteiger partial charge < -0.3 is 13.9 Å². The monoisotopic (exact) mass is 423 g/mol. The second kappa shape index (κ2) is 7.39. The number of fused-ring (bicyclic) bond motifs is 3. The molecule has 156 valence electrons. The van der Waals surface area contributed by atoms with Crippen LogP contribution in [0.25, 0.3) is 33.5 Å². The molecule has 0 saturated carbocycles. The van der Waals surface area contributed by atoms with Crippen LogP contribution in [0.15, 0.2) is 87.1 Å². The van der Waals surface area contributed by atoms with Gasteiger partial charge in [-0.2, -0.15) is 9.78 Å². The fourth-order valence-electron chi connectivity index (χ4n) is 3.75. The summed E-state index contributed by atoms with van der Waals surface area (Å²) in [6, 6.07) is 22.2. The number of benzene rings is 3. The van der Waals surface area contributed by atoms with E-state index in [-0.39, 0.29) is 5.56 Å². The Morgan fingerprint density at radius 1 is 0.906 bits per heavy atom. The number of furan rings is 1. The van der Waals surface area contributed by atoms with Gasteiger partial charge in [0.15, 0.2) is 17.3 Å². The SMILES string of the molecule is O=c1c2ccccc2nc(-c2cc3ccccc3o2)n1N=Cc1ccc2c(c1)OCCO2. The number of nitrogens with zero attached hydrogens (tertiary/aromatic N) is 3. The summed E-state index contributed by atoms with van der Waals surface area (Å²) in [6.45, 7) is 1.03. The number of aromatic nitrogens is 2. The predicted molar refractivity (Wildman–Crippen MR) is 122 cm³/mol. The average molecular weight is 423 g/mol. The summed E-state index contributed by atoms with van der Waals surface area (Å²) in [5.41, 5.74) is 1.79. The molecule has 0 atom stereocenters. The van der Waals surface area contributed by atoms with E-state index in [0.29, 0.717) is 52.8 Å². The van der Waals surface area contributed by atoms with Gasteiger partial charge in [0.2, 0.25) is 5.82 Å². The van der Waals surface area contributed by atoms with Gasteiger partial charge in [-0.3, -0.25) is 4.79 Å². The Labute approximate surface area is 182 Å². The molecule has 0 N–H and O–H groups in total. The van der Waals surface area contributed by atoms with Gasteiger partial charge in [-0.1, -0.05) is 30.3 Å². The third-order valence-corrected chi connectivity index (χ3v) is 5.29. The van der Waals surface area contributed by atoms with Crippen molar-refractivity contribution in [2.24, 2.45) is 5.10 Å². The minimum absolute atomic E-state index is 0.278. The highest BCUT2D eigenvalue weighted by Gasteiger charge is 2.16. The lowest BCUT2D eigenvalue weighted by atomic mass is 10.2. The first-order valence-electron chi connectivity index (χ1n) is 10.2. The summed E-state index contributed by atoms with van der Waals surface area (Å²) >= 11 is 0. The van der Waals surface area contributed by atoms with Crippen LogP contribution in [0, 0.1) is 0 Å². The van der Waals surface area contributed by atoms with E-state index < -0.39 is 0 Å². The standard InChI is InChI=1S/C25H17N3O4/c29-25-18-6-2-3-7-19(18)27-24(23-14-17-5-1-4-8-20(17)32-23)28(25)26-15-16-9-10-21-22(13-16)31-12-11-30-21/h1-10,13-15H,11-12H2. The normalized spacial score (nSPS) is 13.2. The Morgan fingerprint density at radius 3 is 2.62 bits per heavy atom. The van der Waals surface area contributed by atoms with E-state index in [1.54, 1.807) is 24.4 Å². The Balaban J connectivity index is 1.52. The van der Waals surface area contributed by atoms with Gasteiger partial charge >= 0.3 is 0 Å². The molecule has 7 heteroatoms. The van der Waals surface area contributed by atoms with Crippen molar-refractivity contribution in [3.63, 3.8) is 0 Å². The second-order valence-corrected chi connectivity index (χ2v) is 7.37. The maximum absolute atomic E-state index is 13.3. The first-order chi connectivity index (χ1) is 15.8. The number of hydrogen-bond donors (Lipinski definition) is 0. The predicted octanol–water partition coefficient (Wildman–Crippen LogP) is 4.46. The lowest BCUT2D eigenvalue weighted by Crippen LogP contribution is -2.20. The molecule has 0 saturated heterocycles. The van der Waals surface area contributed by atoms with E-state index in [9.17, 15) is 4.79 Å². The molecule has 3 aromatic carbocycles. The zero-order valence-corrected chi connectivity index (χ0v) is 16.9. The van der Waals surface area contributed by atoms with E-state index >= 15 is 0 Å². The van der Waals surface area contributed by atoms with Gasteiger partial charge in [0.1, 0.15) is 18.8 Å². The first-order valence-corrected chi connectivity index (χ1v) is 10.2. The van der Waals surface area contributed by atoms with Gasteiger partial charge in [0, 0.05) is 5.39 Å². The lowest BCUT2D eigenvalue weighted by Gasteiger charge is -2.18. The van der Waals surface area contributed by atoms with Gasteiger partial charge in [0.25, 0.3) is 5.56 Å². The van der Waals surface area contributed by atoms with Crippen molar-refractivity contribution in [2.45, 2.75) is 0 Å². The zero-order valence-electron chi connectivity index (χ0n) is 16.9. The van der Waals surface area contributed by atoms with Gasteiger partial charge in [-0.25, -0.2) is 4.98 Å². The van der Waals surface area contributed by atoms with Crippen molar-refractivity contribution < 1.29 is 13.9 Å². The molecule has 5 aromatic rings. The molecular formula is C25H17N3O4. The molecule has 0 aliphatic carbocycles. The van der Waals surface area contributed by atoms with E-state index in [2.05, 4.69) is 5.10 Å². The molecule has 0 spiro atoms. The highest BCUT2D eigenvalue weighted by atomic mass is 16.6. The van der Waals surface area contributed by atoms with Gasteiger partial charge in [-0.05, 0) is 48.0 Å². The van der Waals surface area contributed by atoms with Crippen molar-refractivity contribution in [1.82, 2.24) is 9.66 Å². The van der Waals surface area contributed by atoms with Crippen LogP contribution in [0.3, 0.4) is 0 Å². The Bertz CT molecular complexity index is 1530. The van der Waals surface area contributed by atoms with Crippen LogP contribution in [0.5, 0.6) is 11.5 Å². The fraction of sp³-hybridized carbons (Fsp3) is 0.0800. The van der Waals surface area contributed by atoms with Crippen LogP contribution in [0.1, 0.15) is 5.56 Å². The molecule has 32 heavy (non-hydrogen) atoms. The molecule has 3 heterocycles. The summed E-state index contributed by atoms with van der Waals surface area (Å²) in [5, 5.41) is 5.88. The second-order valence-electron chi connectivity index (χ2n) is 7.37. The van der Waals surface area contributed by atoms with E-state index in [1.807, 2.05) is 54.6 Å². The summed E-state index contributed by atoms with van der Waals surface area (Å²) in [4.78, 5) is 18.0. The third kappa shape index (κ3) is 3.11. The number of ether oxygens (including phenoxy) is 2. The maximum Gasteiger partial charge on any atom is 0.282 e. The van der Waals surface area contributed by atoms with Crippen molar-refractivity contribution in [3.05, 3.63) is 88.7 Å². The summed E-state index contributed by atoms with van der Waals surface area (Å²) < 4.78 is 18.5. The van der Waals surface area contributed by atoms with Crippen molar-refractivity contribution in [2.75, 3.05) is 13.2 Å². The molecule has 7 nitrogen and oxygen atoms in total. The summed E-state index contributed by atoms with van der Waals surface area (Å²) in [7, 11) is 0. The third-order valence-electron chi connectivity index (χ3n) is 5.29. The minimum atomic E-state index is -0.278. The van der Waals surface area contributed by atoms with Crippen LogP contribution in [0.2, 0.25) is 0 Å². The van der Waals surface area contributed by atoms with Crippen LogP contribution in [-0.2, 0) is 0 Å². The zero-order chi connectivity index (χ0) is 21.5. The molecule has 2 aromatic heterocycles. The molecule has 0 radical (unpaired) electrons. The molecule has 0 fully saturated rings. The topological polar surface area (TPSA) is 78.9 Å². The molecule has 1 aliphatic rings. The number of para-hydroxylation sites is 2. The molecule has 0 bridgehead atoms. The van der Waals surface area contributed by atoms with Crippen LogP contribution < -0.4 is 15.0 Å². The summed E-state index contributed by atoms with van der Waals surface area (Å²) in [6.07, 6.45) is 1.60. The fourth-order valence-corrected chi connectivity index (χ4v) is 3.75. The first kappa shape index (κ1) is 18.4. The molecular weight excluding hydrogens is 406 g/mol. The highest BCUT2D eigenvalue weighted by molar-refractivity contribution is 5.85. The maximum atomic E-state index is 13.3. The number of hydrogen-bond acceptors (Lipinski definition) is 6. The highest BCUT2D eigenvalue weighted by Crippen LogP contribution is 2.30. The van der Waals surface area contributed by atoms with E-state index in [1.165, 1.54) is 4.68 Å². The van der Waals surface area contributed by atoms with Crippen LogP contribution in [0.4, 0.5) is 0 Å². The van der Waals surface area contributed by atoms with E-state index in [4.69, 9.17) is 18.9 Å². The van der Waals surface area contributed by atoms with Gasteiger partial charge in [-0.15, -0.1) is 0 Å². The average Bonchev–Trinajstić information content (AvgIpc) is 3.27.